The quantitative estimate of drug-likeness (QED) is 0.435. The SMILES string of the molecule is CCCN(OCOC(C)CC)S(=O)(=O)C(O)C(=O)Nc1c(C)cccc1C. The molecule has 8 nitrogen and oxygen atoms in total. The summed E-state index contributed by atoms with van der Waals surface area (Å²) in [7, 11) is -4.44. The van der Waals surface area contributed by atoms with Crippen LogP contribution in [0.15, 0.2) is 18.2 Å². The highest BCUT2D eigenvalue weighted by Gasteiger charge is 2.37. The molecule has 1 aromatic carbocycles. The molecule has 2 unspecified atom stereocenters. The van der Waals surface area contributed by atoms with Gasteiger partial charge in [-0.25, -0.2) is 8.42 Å². The highest BCUT2D eigenvalue weighted by Crippen LogP contribution is 2.20. The molecular formula is C18H30N2O6S. The number of hydrogen-bond acceptors (Lipinski definition) is 6. The molecule has 0 saturated carbocycles. The number of hydroxylamine groups is 1. The summed E-state index contributed by atoms with van der Waals surface area (Å²) in [5.41, 5.74) is -0.306. The second-order valence-electron chi connectivity index (χ2n) is 6.31. The Bertz CT molecular complexity index is 702. The second kappa shape index (κ2) is 10.7. The van der Waals surface area contributed by atoms with Gasteiger partial charge < -0.3 is 15.2 Å². The van der Waals surface area contributed by atoms with Crippen molar-refractivity contribution in [2.45, 2.75) is 59.0 Å². The molecule has 0 heterocycles. The molecule has 27 heavy (non-hydrogen) atoms. The average molecular weight is 403 g/mol. The Labute approximate surface area is 161 Å². The molecule has 9 heteroatoms. The van der Waals surface area contributed by atoms with Crippen LogP contribution in [0.3, 0.4) is 0 Å². The molecule has 0 bridgehead atoms. The lowest BCUT2D eigenvalue weighted by molar-refractivity contribution is -0.189. The fraction of sp³-hybridized carbons (Fsp3) is 0.611. The molecule has 0 aromatic heterocycles. The lowest BCUT2D eigenvalue weighted by Crippen LogP contribution is -2.45. The number of para-hydroxylation sites is 1. The first-order chi connectivity index (χ1) is 12.6. The van der Waals surface area contributed by atoms with Gasteiger partial charge in [0.05, 0.1) is 6.10 Å². The number of carbonyl (C=O) groups excluding carboxylic acids is 1. The van der Waals surface area contributed by atoms with Crippen molar-refractivity contribution in [3.63, 3.8) is 0 Å². The third-order valence-corrected chi connectivity index (χ3v) is 5.68. The van der Waals surface area contributed by atoms with E-state index in [4.69, 9.17) is 9.57 Å². The van der Waals surface area contributed by atoms with Gasteiger partial charge in [-0.1, -0.05) is 36.5 Å². The van der Waals surface area contributed by atoms with Crippen LogP contribution in [0.5, 0.6) is 0 Å². The van der Waals surface area contributed by atoms with Crippen LogP contribution in [0.25, 0.3) is 0 Å². The average Bonchev–Trinajstić information content (AvgIpc) is 2.62. The van der Waals surface area contributed by atoms with Gasteiger partial charge in [-0.15, -0.1) is 0 Å². The van der Waals surface area contributed by atoms with Crippen LogP contribution in [0.2, 0.25) is 0 Å². The molecule has 2 atom stereocenters. The number of nitrogens with one attached hydrogen (secondary N) is 1. The van der Waals surface area contributed by atoms with E-state index in [1.807, 2.05) is 19.9 Å². The van der Waals surface area contributed by atoms with E-state index in [0.29, 0.717) is 16.6 Å². The molecule has 0 aliphatic carbocycles. The van der Waals surface area contributed by atoms with Crippen LogP contribution in [-0.4, -0.2) is 48.8 Å². The number of anilines is 1. The van der Waals surface area contributed by atoms with Crippen molar-refractivity contribution in [3.05, 3.63) is 29.3 Å². The molecule has 1 aromatic rings. The molecule has 0 aliphatic rings. The van der Waals surface area contributed by atoms with Crippen LogP contribution >= 0.6 is 0 Å². The van der Waals surface area contributed by atoms with Crippen LogP contribution in [0.4, 0.5) is 5.69 Å². The monoisotopic (exact) mass is 402 g/mol. The summed E-state index contributed by atoms with van der Waals surface area (Å²) in [6, 6.07) is 5.38. The van der Waals surface area contributed by atoms with Gasteiger partial charge in [0.25, 0.3) is 21.4 Å². The predicted molar refractivity (Wildman–Crippen MR) is 103 cm³/mol. The molecular weight excluding hydrogens is 372 g/mol. The van der Waals surface area contributed by atoms with Crippen molar-refractivity contribution < 1.29 is 27.9 Å². The molecule has 1 rings (SSSR count). The maximum atomic E-state index is 12.6. The number of carbonyl (C=O) groups is 1. The van der Waals surface area contributed by atoms with Crippen molar-refractivity contribution in [1.29, 1.82) is 0 Å². The number of aliphatic hydroxyl groups is 1. The number of nitrogens with zero attached hydrogens (tertiary/aromatic N) is 1. The van der Waals surface area contributed by atoms with Crippen molar-refractivity contribution in [1.82, 2.24) is 4.47 Å². The topological polar surface area (TPSA) is 105 Å². The zero-order valence-electron chi connectivity index (χ0n) is 16.6. The smallest absolute Gasteiger partial charge is 0.272 e. The van der Waals surface area contributed by atoms with E-state index in [1.165, 1.54) is 0 Å². The lowest BCUT2D eigenvalue weighted by atomic mass is 10.1. The van der Waals surface area contributed by atoms with E-state index in [9.17, 15) is 18.3 Å². The number of benzene rings is 1. The maximum Gasteiger partial charge on any atom is 0.272 e. The van der Waals surface area contributed by atoms with E-state index in [1.54, 1.807) is 32.9 Å². The largest absolute Gasteiger partial charge is 0.368 e. The molecule has 0 spiro atoms. The molecule has 0 fully saturated rings. The van der Waals surface area contributed by atoms with Gasteiger partial charge in [-0.2, -0.15) is 0 Å². The van der Waals surface area contributed by atoms with Crippen molar-refractivity contribution in [2.75, 3.05) is 18.7 Å². The zero-order valence-corrected chi connectivity index (χ0v) is 17.4. The third-order valence-electron chi connectivity index (χ3n) is 4.05. The van der Waals surface area contributed by atoms with Gasteiger partial charge in [0.2, 0.25) is 0 Å². The van der Waals surface area contributed by atoms with Crippen molar-refractivity contribution in [2.24, 2.45) is 0 Å². The minimum Gasteiger partial charge on any atom is -0.368 e. The standard InChI is InChI=1S/C18H30N2O6S/c1-6-11-20(26-12-25-15(5)7-2)27(23,24)18(22)17(21)19-16-13(3)9-8-10-14(16)4/h8-10,15,18,22H,6-7,11-12H2,1-5H3,(H,19,21). The summed E-state index contributed by atoms with van der Waals surface area (Å²) < 4.78 is 31.1. The predicted octanol–water partition coefficient (Wildman–Crippen LogP) is 2.31. The number of aliphatic hydroxyl groups excluding tert-OH is 1. The van der Waals surface area contributed by atoms with Crippen LogP contribution in [0, 0.1) is 13.8 Å². The molecule has 2 N–H and O–H groups in total. The number of ether oxygens (including phenoxy) is 1. The van der Waals surface area contributed by atoms with E-state index in [2.05, 4.69) is 5.32 Å². The fourth-order valence-corrected chi connectivity index (χ4v) is 3.39. The van der Waals surface area contributed by atoms with E-state index >= 15 is 0 Å². The highest BCUT2D eigenvalue weighted by atomic mass is 32.2. The second-order valence-corrected chi connectivity index (χ2v) is 8.20. The molecule has 1 amide bonds. The number of rotatable bonds is 11. The van der Waals surface area contributed by atoms with Crippen molar-refractivity contribution in [3.8, 4) is 0 Å². The van der Waals surface area contributed by atoms with Crippen molar-refractivity contribution >= 4 is 21.6 Å². The molecule has 0 aliphatic heterocycles. The fourth-order valence-electron chi connectivity index (χ4n) is 2.21. The van der Waals surface area contributed by atoms with Crippen LogP contribution in [-0.2, 0) is 24.4 Å². The van der Waals surface area contributed by atoms with Gasteiger partial charge in [-0.05, 0) is 44.7 Å². The first-order valence-electron chi connectivity index (χ1n) is 8.96. The Kier molecular flexibility index (Phi) is 9.34. The van der Waals surface area contributed by atoms with Crippen LogP contribution in [0.1, 0.15) is 44.7 Å². The van der Waals surface area contributed by atoms with E-state index < -0.39 is 21.4 Å². The third kappa shape index (κ3) is 6.54. The molecule has 0 saturated heterocycles. The summed E-state index contributed by atoms with van der Waals surface area (Å²) in [6.45, 7) is 8.76. The molecule has 154 valence electrons. The molecule has 0 radical (unpaired) electrons. The summed E-state index contributed by atoms with van der Waals surface area (Å²) in [5.74, 6) is -1.04. The first-order valence-corrected chi connectivity index (χ1v) is 10.5. The first kappa shape index (κ1) is 23.5. The maximum absolute atomic E-state index is 12.6. The summed E-state index contributed by atoms with van der Waals surface area (Å²) in [6.07, 6.45) is 1.08. The summed E-state index contributed by atoms with van der Waals surface area (Å²) >= 11 is 0. The van der Waals surface area contributed by atoms with Gasteiger partial charge in [0.1, 0.15) is 0 Å². The summed E-state index contributed by atoms with van der Waals surface area (Å²) in [5, 5.41) is 12.7. The normalized spacial score (nSPS) is 14.2. The number of hydrogen-bond donors (Lipinski definition) is 2. The van der Waals surface area contributed by atoms with E-state index in [-0.39, 0.29) is 19.4 Å². The number of aryl methyl sites for hydroxylation is 2. The Hall–Kier alpha value is -1.52. The summed E-state index contributed by atoms with van der Waals surface area (Å²) in [4.78, 5) is 17.5. The number of amides is 1. The minimum atomic E-state index is -4.44. The van der Waals surface area contributed by atoms with Gasteiger partial charge in [-0.3, -0.25) is 9.63 Å². The van der Waals surface area contributed by atoms with Gasteiger partial charge in [0, 0.05) is 12.2 Å². The lowest BCUT2D eigenvalue weighted by Gasteiger charge is -2.24. The minimum absolute atomic E-state index is 0.0140. The number of sulfonamides is 1. The van der Waals surface area contributed by atoms with Crippen LogP contribution < -0.4 is 5.32 Å². The Morgan fingerprint density at radius 3 is 2.37 bits per heavy atom. The zero-order chi connectivity index (χ0) is 20.6. The van der Waals surface area contributed by atoms with E-state index in [0.717, 1.165) is 17.5 Å². The Morgan fingerprint density at radius 2 is 1.85 bits per heavy atom. The Morgan fingerprint density at radius 1 is 1.26 bits per heavy atom. The Balaban J connectivity index is 2.89. The van der Waals surface area contributed by atoms with Gasteiger partial charge in [0.15, 0.2) is 6.79 Å². The van der Waals surface area contributed by atoms with Gasteiger partial charge >= 0.3 is 0 Å². The highest BCUT2D eigenvalue weighted by molar-refractivity contribution is 7.90.